The summed E-state index contributed by atoms with van der Waals surface area (Å²) in [4.78, 5) is 0. The summed E-state index contributed by atoms with van der Waals surface area (Å²) < 4.78 is 43.2. The Morgan fingerprint density at radius 1 is 1.00 bits per heavy atom. The van der Waals surface area contributed by atoms with Gasteiger partial charge in [-0.2, -0.15) is 0 Å². The fourth-order valence-electron chi connectivity index (χ4n) is 3.54. The highest BCUT2D eigenvalue weighted by Gasteiger charge is 2.44. The van der Waals surface area contributed by atoms with Crippen LogP contribution in [-0.2, 0) is 15.7 Å². The van der Waals surface area contributed by atoms with Crippen LogP contribution in [0.25, 0.3) is 11.1 Å². The molecule has 26 heavy (non-hydrogen) atoms. The fourth-order valence-corrected chi connectivity index (χ4v) is 4.51. The zero-order chi connectivity index (χ0) is 18.8. The second-order valence-electron chi connectivity index (χ2n) is 7.32. The molecule has 1 saturated carbocycles. The van der Waals surface area contributed by atoms with E-state index in [-0.39, 0.29) is 0 Å². The molecule has 2 aromatic carbocycles. The van der Waals surface area contributed by atoms with E-state index < -0.39 is 27.0 Å². The first-order chi connectivity index (χ1) is 12.3. The number of alkyl halides is 1. The quantitative estimate of drug-likeness (QED) is 0.817. The summed E-state index contributed by atoms with van der Waals surface area (Å²) in [6, 6.07) is 16.6. The Bertz CT molecular complexity index is 834. The van der Waals surface area contributed by atoms with Crippen molar-refractivity contribution in [3.05, 3.63) is 60.2 Å². The highest BCUT2D eigenvalue weighted by atomic mass is 32.2. The molecule has 0 spiro atoms. The summed E-state index contributed by atoms with van der Waals surface area (Å²) in [7, 11) is -3.52. The van der Waals surface area contributed by atoms with E-state index in [0.717, 1.165) is 24.0 Å². The molecule has 0 saturated heterocycles. The van der Waals surface area contributed by atoms with Crippen LogP contribution in [0.5, 0.6) is 0 Å². The van der Waals surface area contributed by atoms with Gasteiger partial charge in [0, 0.05) is 0 Å². The van der Waals surface area contributed by atoms with Crippen molar-refractivity contribution in [2.45, 2.75) is 56.5 Å². The van der Waals surface area contributed by atoms with Gasteiger partial charge in [0.2, 0.25) is 10.0 Å². The Labute approximate surface area is 155 Å². The Morgan fingerprint density at radius 3 is 2.23 bits per heavy atom. The normalized spacial score (nSPS) is 23.9. The SMILES string of the molecule is CC(C)S(=O)(=O)N[C@@H]1CCCC[C@@]1(F)c1ccc(-c2ccccc2)cc1. The van der Waals surface area contributed by atoms with Gasteiger partial charge < -0.3 is 0 Å². The van der Waals surface area contributed by atoms with Gasteiger partial charge in [-0.25, -0.2) is 17.5 Å². The Balaban J connectivity index is 1.89. The minimum Gasteiger partial charge on any atom is -0.237 e. The van der Waals surface area contributed by atoms with Crippen LogP contribution >= 0.6 is 0 Å². The van der Waals surface area contributed by atoms with Crippen molar-refractivity contribution in [1.82, 2.24) is 4.72 Å². The molecule has 0 radical (unpaired) electrons. The first-order valence-corrected chi connectivity index (χ1v) is 10.7. The van der Waals surface area contributed by atoms with Gasteiger partial charge in [0.15, 0.2) is 5.67 Å². The third-order valence-electron chi connectivity index (χ3n) is 5.23. The van der Waals surface area contributed by atoms with Crippen LogP contribution in [0.2, 0.25) is 0 Å². The van der Waals surface area contributed by atoms with Crippen molar-refractivity contribution in [3.63, 3.8) is 0 Å². The lowest BCUT2D eigenvalue weighted by Crippen LogP contribution is -2.51. The van der Waals surface area contributed by atoms with E-state index in [1.54, 1.807) is 26.0 Å². The maximum atomic E-state index is 16.0. The average molecular weight is 376 g/mol. The highest BCUT2D eigenvalue weighted by molar-refractivity contribution is 7.90. The molecule has 3 rings (SSSR count). The summed E-state index contributed by atoms with van der Waals surface area (Å²) in [5.41, 5.74) is 0.976. The van der Waals surface area contributed by atoms with Crippen molar-refractivity contribution in [2.24, 2.45) is 0 Å². The lowest BCUT2D eigenvalue weighted by atomic mass is 9.77. The fraction of sp³-hybridized carbons (Fsp3) is 0.429. The van der Waals surface area contributed by atoms with Gasteiger partial charge in [0.05, 0.1) is 11.3 Å². The zero-order valence-corrected chi connectivity index (χ0v) is 16.1. The van der Waals surface area contributed by atoms with Crippen LogP contribution in [0.1, 0.15) is 45.1 Å². The van der Waals surface area contributed by atoms with Gasteiger partial charge in [0.1, 0.15) is 0 Å². The second kappa shape index (κ2) is 7.49. The van der Waals surface area contributed by atoms with Crippen molar-refractivity contribution in [3.8, 4) is 11.1 Å². The summed E-state index contributed by atoms with van der Waals surface area (Å²) in [5.74, 6) is 0. The number of benzene rings is 2. The van der Waals surface area contributed by atoms with Crippen LogP contribution in [0.4, 0.5) is 4.39 Å². The largest absolute Gasteiger partial charge is 0.237 e. The predicted molar refractivity (Wildman–Crippen MR) is 104 cm³/mol. The van der Waals surface area contributed by atoms with Crippen LogP contribution in [0.3, 0.4) is 0 Å². The van der Waals surface area contributed by atoms with Crippen LogP contribution in [0.15, 0.2) is 54.6 Å². The minimum atomic E-state index is -3.52. The third kappa shape index (κ3) is 3.84. The van der Waals surface area contributed by atoms with Crippen molar-refractivity contribution in [2.75, 3.05) is 0 Å². The summed E-state index contributed by atoms with van der Waals surface area (Å²) in [6.07, 6.45) is 2.45. The number of rotatable bonds is 5. The second-order valence-corrected chi connectivity index (χ2v) is 9.58. The Kier molecular flexibility index (Phi) is 5.49. The molecule has 0 heterocycles. The van der Waals surface area contributed by atoms with E-state index in [1.165, 1.54) is 0 Å². The molecule has 3 nitrogen and oxygen atoms in total. The van der Waals surface area contributed by atoms with Crippen LogP contribution < -0.4 is 4.72 Å². The molecular formula is C21H26FNO2S. The maximum Gasteiger partial charge on any atom is 0.214 e. The molecule has 0 unspecified atom stereocenters. The third-order valence-corrected chi connectivity index (χ3v) is 7.09. The van der Waals surface area contributed by atoms with Crippen molar-refractivity contribution in [1.29, 1.82) is 0 Å². The Morgan fingerprint density at radius 2 is 1.62 bits per heavy atom. The minimum absolute atomic E-state index is 0.336. The molecule has 0 bridgehead atoms. The van der Waals surface area contributed by atoms with E-state index in [4.69, 9.17) is 0 Å². The van der Waals surface area contributed by atoms with E-state index in [9.17, 15) is 8.42 Å². The molecule has 140 valence electrons. The van der Waals surface area contributed by atoms with Gasteiger partial charge in [-0.1, -0.05) is 61.0 Å². The van der Waals surface area contributed by atoms with Crippen LogP contribution in [-0.4, -0.2) is 19.7 Å². The zero-order valence-electron chi connectivity index (χ0n) is 15.3. The summed E-state index contributed by atoms with van der Waals surface area (Å²) in [6.45, 7) is 3.22. The van der Waals surface area contributed by atoms with E-state index in [2.05, 4.69) is 4.72 Å². The number of nitrogens with one attached hydrogen (secondary N) is 1. The van der Waals surface area contributed by atoms with Gasteiger partial charge in [-0.15, -0.1) is 0 Å². The lowest BCUT2D eigenvalue weighted by Gasteiger charge is -2.38. The molecular weight excluding hydrogens is 349 g/mol. The molecule has 0 aliphatic heterocycles. The highest BCUT2D eigenvalue weighted by Crippen LogP contribution is 2.42. The van der Waals surface area contributed by atoms with Crippen LogP contribution in [0, 0.1) is 0 Å². The van der Waals surface area contributed by atoms with Crippen molar-refractivity contribution >= 4 is 10.0 Å². The average Bonchev–Trinajstić information content (AvgIpc) is 2.64. The number of sulfonamides is 1. The standard InChI is InChI=1S/C21H26FNO2S/c1-16(2)26(24,25)23-20-10-6-7-15-21(20,22)19-13-11-18(12-14-19)17-8-4-3-5-9-17/h3-5,8-9,11-14,16,20,23H,6-7,10,15H2,1-2H3/t20-,21-/m1/s1. The predicted octanol–water partition coefficient (Wildman–Crippen LogP) is 4.79. The molecule has 1 aliphatic carbocycles. The lowest BCUT2D eigenvalue weighted by molar-refractivity contribution is 0.0712. The number of halogens is 1. The number of hydrogen-bond acceptors (Lipinski definition) is 2. The van der Waals surface area contributed by atoms with Gasteiger partial charge in [-0.05, 0) is 49.8 Å². The topological polar surface area (TPSA) is 46.2 Å². The smallest absolute Gasteiger partial charge is 0.214 e. The van der Waals surface area contributed by atoms with Gasteiger partial charge in [0.25, 0.3) is 0 Å². The molecule has 2 atom stereocenters. The van der Waals surface area contributed by atoms with Gasteiger partial charge in [-0.3, -0.25) is 0 Å². The first-order valence-electron chi connectivity index (χ1n) is 9.19. The molecule has 0 aromatic heterocycles. The monoisotopic (exact) mass is 375 g/mol. The van der Waals surface area contributed by atoms with Crippen molar-refractivity contribution < 1.29 is 12.8 Å². The van der Waals surface area contributed by atoms with E-state index >= 15 is 4.39 Å². The summed E-state index contributed by atoms with van der Waals surface area (Å²) >= 11 is 0. The Hall–Kier alpha value is -1.72. The van der Waals surface area contributed by atoms with Gasteiger partial charge >= 0.3 is 0 Å². The molecule has 0 amide bonds. The molecule has 1 N–H and O–H groups in total. The van der Waals surface area contributed by atoms with E-state index in [0.29, 0.717) is 18.4 Å². The maximum absolute atomic E-state index is 16.0. The molecule has 5 heteroatoms. The van der Waals surface area contributed by atoms with E-state index in [1.807, 2.05) is 42.5 Å². The molecule has 1 fully saturated rings. The summed E-state index contributed by atoms with van der Waals surface area (Å²) in [5, 5.41) is -0.575. The molecule has 1 aliphatic rings. The molecule has 2 aromatic rings. The number of hydrogen-bond donors (Lipinski definition) is 1. The first kappa shape index (κ1) is 19.1.